The van der Waals surface area contributed by atoms with Crippen LogP contribution in [0, 0.1) is 5.82 Å². The van der Waals surface area contributed by atoms with Gasteiger partial charge in [0.25, 0.3) is 0 Å². The van der Waals surface area contributed by atoms with Crippen molar-refractivity contribution in [3.05, 3.63) is 35.1 Å². The summed E-state index contributed by atoms with van der Waals surface area (Å²) in [5, 5.41) is 3.54. The first-order valence-electron chi connectivity index (χ1n) is 6.68. The first-order chi connectivity index (χ1) is 8.16. The molecule has 1 aliphatic rings. The molecule has 1 atom stereocenters. The van der Waals surface area contributed by atoms with Gasteiger partial charge in [0.05, 0.1) is 0 Å². The average Bonchev–Trinajstić information content (AvgIpc) is 2.32. The molecule has 0 spiro atoms. The minimum atomic E-state index is -0.0691. The monoisotopic (exact) mass is 235 g/mol. The summed E-state index contributed by atoms with van der Waals surface area (Å²) in [5.41, 5.74) is 2.10. The van der Waals surface area contributed by atoms with E-state index in [0.29, 0.717) is 6.04 Å². The predicted molar refractivity (Wildman–Crippen MR) is 69.8 cm³/mol. The third kappa shape index (κ3) is 3.29. The molecule has 1 aliphatic heterocycles. The van der Waals surface area contributed by atoms with Gasteiger partial charge in [0.15, 0.2) is 0 Å². The van der Waals surface area contributed by atoms with Crippen LogP contribution in [0.15, 0.2) is 18.2 Å². The van der Waals surface area contributed by atoms with Crippen molar-refractivity contribution in [3.8, 4) is 0 Å². The van der Waals surface area contributed by atoms with Gasteiger partial charge in [-0.15, -0.1) is 0 Å². The first-order valence-corrected chi connectivity index (χ1v) is 6.68. The lowest BCUT2D eigenvalue weighted by atomic mass is 9.94. The largest absolute Gasteiger partial charge is 0.314 e. The van der Waals surface area contributed by atoms with E-state index in [1.54, 1.807) is 6.07 Å². The van der Waals surface area contributed by atoms with Gasteiger partial charge < -0.3 is 5.32 Å². The zero-order chi connectivity index (χ0) is 12.3. The predicted octanol–water partition coefficient (Wildman–Crippen LogP) is 3.63. The summed E-state index contributed by atoms with van der Waals surface area (Å²) >= 11 is 0. The first kappa shape index (κ1) is 12.6. The summed E-state index contributed by atoms with van der Waals surface area (Å²) in [6.45, 7) is 5.21. The highest BCUT2D eigenvalue weighted by atomic mass is 19.1. The van der Waals surface area contributed by atoms with Crippen LogP contribution in [0.1, 0.15) is 50.2 Å². The summed E-state index contributed by atoms with van der Waals surface area (Å²) in [5.74, 6) is 0.189. The molecule has 1 saturated heterocycles. The molecule has 0 amide bonds. The SMILES string of the molecule is CC(C)c1cc(CC2CCCCN2)ccc1F. The number of benzene rings is 1. The van der Waals surface area contributed by atoms with Crippen LogP contribution in [-0.2, 0) is 6.42 Å². The van der Waals surface area contributed by atoms with Crippen LogP contribution in [0.5, 0.6) is 0 Å². The van der Waals surface area contributed by atoms with Crippen LogP contribution < -0.4 is 5.32 Å². The molecule has 17 heavy (non-hydrogen) atoms. The second-order valence-electron chi connectivity index (χ2n) is 5.36. The van der Waals surface area contributed by atoms with E-state index < -0.39 is 0 Å². The van der Waals surface area contributed by atoms with Gasteiger partial charge >= 0.3 is 0 Å². The van der Waals surface area contributed by atoms with Crippen LogP contribution >= 0.6 is 0 Å². The zero-order valence-corrected chi connectivity index (χ0v) is 10.8. The van der Waals surface area contributed by atoms with Gasteiger partial charge in [-0.2, -0.15) is 0 Å². The van der Waals surface area contributed by atoms with Crippen molar-refractivity contribution in [2.75, 3.05) is 6.54 Å². The van der Waals surface area contributed by atoms with Crippen molar-refractivity contribution in [1.29, 1.82) is 0 Å². The molecule has 0 radical (unpaired) electrons. The van der Waals surface area contributed by atoms with Gasteiger partial charge in [-0.1, -0.05) is 32.4 Å². The molecule has 1 aromatic carbocycles. The summed E-state index contributed by atoms with van der Waals surface area (Å²) in [7, 11) is 0. The molecule has 1 nitrogen and oxygen atoms in total. The normalized spacial score (nSPS) is 20.8. The van der Waals surface area contributed by atoms with Crippen LogP contribution in [0.4, 0.5) is 4.39 Å². The standard InChI is InChI=1S/C15H22FN/c1-11(2)14-10-12(6-7-15(14)16)9-13-5-3-4-8-17-13/h6-7,10-11,13,17H,3-5,8-9H2,1-2H3. The summed E-state index contributed by atoms with van der Waals surface area (Å²) in [6, 6.07) is 6.16. The van der Waals surface area contributed by atoms with Gasteiger partial charge in [-0.25, -0.2) is 4.39 Å². The smallest absolute Gasteiger partial charge is 0.126 e. The lowest BCUT2D eigenvalue weighted by Crippen LogP contribution is -2.35. The van der Waals surface area contributed by atoms with Crippen molar-refractivity contribution < 1.29 is 4.39 Å². The van der Waals surface area contributed by atoms with E-state index in [0.717, 1.165) is 18.5 Å². The summed E-state index contributed by atoms with van der Waals surface area (Å²) in [6.07, 6.45) is 4.88. The highest BCUT2D eigenvalue weighted by molar-refractivity contribution is 5.28. The highest BCUT2D eigenvalue weighted by Gasteiger charge is 2.14. The Morgan fingerprint density at radius 3 is 2.82 bits per heavy atom. The fourth-order valence-corrected chi connectivity index (χ4v) is 2.55. The number of nitrogens with one attached hydrogen (secondary N) is 1. The maximum Gasteiger partial charge on any atom is 0.126 e. The number of rotatable bonds is 3. The second kappa shape index (κ2) is 5.63. The third-order valence-corrected chi connectivity index (χ3v) is 3.58. The third-order valence-electron chi connectivity index (χ3n) is 3.58. The topological polar surface area (TPSA) is 12.0 Å². The van der Waals surface area contributed by atoms with Crippen molar-refractivity contribution in [1.82, 2.24) is 5.32 Å². The molecule has 1 fully saturated rings. The Hall–Kier alpha value is -0.890. The summed E-state index contributed by atoms with van der Waals surface area (Å²) in [4.78, 5) is 0. The van der Waals surface area contributed by atoms with Crippen LogP contribution in [0.2, 0.25) is 0 Å². The lowest BCUT2D eigenvalue weighted by molar-refractivity contribution is 0.399. The van der Waals surface area contributed by atoms with E-state index in [1.807, 2.05) is 26.0 Å². The molecule has 0 aliphatic carbocycles. The maximum absolute atomic E-state index is 13.6. The van der Waals surface area contributed by atoms with Crippen molar-refractivity contribution in [2.24, 2.45) is 0 Å². The molecule has 0 saturated carbocycles. The van der Waals surface area contributed by atoms with E-state index in [-0.39, 0.29) is 11.7 Å². The Balaban J connectivity index is 2.07. The van der Waals surface area contributed by atoms with Crippen LogP contribution in [-0.4, -0.2) is 12.6 Å². The van der Waals surface area contributed by atoms with Gasteiger partial charge in [0.1, 0.15) is 5.82 Å². The van der Waals surface area contributed by atoms with Gasteiger partial charge in [-0.05, 0) is 48.9 Å². The molecule has 0 aromatic heterocycles. The Morgan fingerprint density at radius 2 is 2.18 bits per heavy atom. The number of halogens is 1. The van der Waals surface area contributed by atoms with Crippen molar-refractivity contribution in [3.63, 3.8) is 0 Å². The van der Waals surface area contributed by atoms with Crippen molar-refractivity contribution >= 4 is 0 Å². The Kier molecular flexibility index (Phi) is 4.16. The molecule has 1 unspecified atom stereocenters. The molecule has 1 N–H and O–H groups in total. The quantitative estimate of drug-likeness (QED) is 0.843. The van der Waals surface area contributed by atoms with Gasteiger partial charge in [0, 0.05) is 6.04 Å². The molecule has 1 aromatic rings. The van der Waals surface area contributed by atoms with Gasteiger partial charge in [0.2, 0.25) is 0 Å². The fraction of sp³-hybridized carbons (Fsp3) is 0.600. The fourth-order valence-electron chi connectivity index (χ4n) is 2.55. The van der Waals surface area contributed by atoms with Crippen LogP contribution in [0.3, 0.4) is 0 Å². The van der Waals surface area contributed by atoms with Crippen molar-refractivity contribution in [2.45, 2.75) is 51.5 Å². The number of hydrogen-bond acceptors (Lipinski definition) is 1. The molecule has 2 heteroatoms. The highest BCUT2D eigenvalue weighted by Crippen LogP contribution is 2.21. The summed E-state index contributed by atoms with van der Waals surface area (Å²) < 4.78 is 13.6. The Morgan fingerprint density at radius 1 is 1.35 bits per heavy atom. The molecular formula is C15H22FN. The van der Waals surface area contributed by atoms with E-state index in [2.05, 4.69) is 5.32 Å². The minimum Gasteiger partial charge on any atom is -0.314 e. The van der Waals surface area contributed by atoms with E-state index in [1.165, 1.54) is 24.8 Å². The molecule has 1 heterocycles. The molecule has 2 rings (SSSR count). The molecule has 94 valence electrons. The Labute approximate surface area is 103 Å². The number of hydrogen-bond donors (Lipinski definition) is 1. The molecule has 0 bridgehead atoms. The van der Waals surface area contributed by atoms with E-state index in [4.69, 9.17) is 0 Å². The lowest BCUT2D eigenvalue weighted by Gasteiger charge is -2.23. The second-order valence-corrected chi connectivity index (χ2v) is 5.36. The average molecular weight is 235 g/mol. The van der Waals surface area contributed by atoms with E-state index >= 15 is 0 Å². The van der Waals surface area contributed by atoms with Crippen LogP contribution in [0.25, 0.3) is 0 Å². The molecular weight excluding hydrogens is 213 g/mol. The van der Waals surface area contributed by atoms with E-state index in [9.17, 15) is 4.39 Å². The number of piperidine rings is 1. The van der Waals surface area contributed by atoms with Gasteiger partial charge in [-0.3, -0.25) is 0 Å². The maximum atomic E-state index is 13.6. The zero-order valence-electron chi connectivity index (χ0n) is 10.8. The minimum absolute atomic E-state index is 0.0691. The Bertz CT molecular complexity index is 367.